The van der Waals surface area contributed by atoms with Crippen LogP contribution in [0.15, 0.2) is 82.4 Å². The number of amides is 1. The lowest BCUT2D eigenvalue weighted by Gasteiger charge is -2.17. The molecular weight excluding hydrogens is 543 g/mol. The third kappa shape index (κ3) is 5.79. The number of rotatable bonds is 7. The zero-order valence-corrected chi connectivity index (χ0v) is 21.4. The number of thioether (sulfide) groups is 1. The molecule has 0 bridgehead atoms. The van der Waals surface area contributed by atoms with E-state index >= 15 is 0 Å². The molecule has 168 valence electrons. The molecule has 0 saturated heterocycles. The van der Waals surface area contributed by atoms with Crippen LogP contribution in [0.5, 0.6) is 0 Å². The predicted octanol–water partition coefficient (Wildman–Crippen LogP) is 7.12. The molecule has 1 heterocycles. The summed E-state index contributed by atoms with van der Waals surface area (Å²) in [5, 5.41) is 13.5. The Kier molecular flexibility index (Phi) is 7.75. The summed E-state index contributed by atoms with van der Waals surface area (Å²) < 4.78 is 2.78. The number of nitrogens with zero attached hydrogens (tertiary/aromatic N) is 3. The van der Waals surface area contributed by atoms with Crippen LogP contribution < -0.4 is 5.32 Å². The van der Waals surface area contributed by atoms with E-state index in [4.69, 9.17) is 23.2 Å². The van der Waals surface area contributed by atoms with Crippen molar-refractivity contribution < 1.29 is 4.79 Å². The number of benzene rings is 3. The normalized spacial score (nSPS) is 11.9. The molecule has 1 unspecified atom stereocenters. The van der Waals surface area contributed by atoms with Crippen molar-refractivity contribution in [3.63, 3.8) is 0 Å². The third-order valence-corrected chi connectivity index (χ3v) is 6.93. The molecule has 1 atom stereocenters. The fourth-order valence-corrected chi connectivity index (χ4v) is 4.88. The largest absolute Gasteiger partial charge is 0.342 e. The van der Waals surface area contributed by atoms with E-state index in [1.807, 2.05) is 47.9 Å². The lowest BCUT2D eigenvalue weighted by Crippen LogP contribution is -2.28. The van der Waals surface area contributed by atoms with Crippen LogP contribution >= 0.6 is 50.9 Å². The molecule has 0 aliphatic rings. The number of carbonyl (C=O) groups excluding carboxylic acids is 1. The molecule has 4 rings (SSSR count). The summed E-state index contributed by atoms with van der Waals surface area (Å²) in [4.78, 5) is 12.8. The molecule has 4 aromatic rings. The van der Waals surface area contributed by atoms with Gasteiger partial charge in [-0.25, -0.2) is 0 Å². The van der Waals surface area contributed by atoms with Crippen molar-refractivity contribution >= 4 is 56.8 Å². The number of hydrogen-bond acceptors (Lipinski definition) is 4. The second kappa shape index (κ2) is 10.7. The van der Waals surface area contributed by atoms with E-state index in [9.17, 15) is 4.79 Å². The Balaban J connectivity index is 1.65. The van der Waals surface area contributed by atoms with Gasteiger partial charge in [-0.05, 0) is 55.0 Å². The van der Waals surface area contributed by atoms with Crippen molar-refractivity contribution in [2.45, 2.75) is 23.9 Å². The average molecular weight is 562 g/mol. The highest BCUT2D eigenvalue weighted by Crippen LogP contribution is 2.32. The van der Waals surface area contributed by atoms with Gasteiger partial charge in [-0.3, -0.25) is 9.36 Å². The molecule has 0 fully saturated rings. The summed E-state index contributed by atoms with van der Waals surface area (Å²) >= 11 is 17.6. The Morgan fingerprint density at radius 2 is 1.79 bits per heavy atom. The SMILES string of the molecule is CC(NC(=O)c1ccc(Br)cc1)c1nnc(SCc2ccccc2)n1-c1ccc(Cl)cc1Cl. The van der Waals surface area contributed by atoms with Gasteiger partial charge < -0.3 is 5.32 Å². The molecule has 0 radical (unpaired) electrons. The molecule has 1 amide bonds. The van der Waals surface area contributed by atoms with Gasteiger partial charge in [-0.1, -0.05) is 81.2 Å². The number of hydrogen-bond donors (Lipinski definition) is 1. The molecule has 0 spiro atoms. The molecule has 0 aliphatic heterocycles. The molecule has 0 aliphatic carbocycles. The molecule has 0 saturated carbocycles. The highest BCUT2D eigenvalue weighted by molar-refractivity contribution is 9.10. The molecule has 9 heteroatoms. The lowest BCUT2D eigenvalue weighted by atomic mass is 10.2. The van der Waals surface area contributed by atoms with Crippen molar-refractivity contribution in [1.29, 1.82) is 0 Å². The van der Waals surface area contributed by atoms with E-state index in [2.05, 4.69) is 43.6 Å². The maximum atomic E-state index is 12.8. The Labute approximate surface area is 214 Å². The molecular formula is C24H19BrCl2N4OS. The summed E-state index contributed by atoms with van der Waals surface area (Å²) in [6, 6.07) is 22.1. The average Bonchev–Trinajstić information content (AvgIpc) is 3.22. The number of nitrogens with one attached hydrogen (secondary N) is 1. The maximum Gasteiger partial charge on any atom is 0.251 e. The minimum atomic E-state index is -0.425. The quantitative estimate of drug-likeness (QED) is 0.244. The summed E-state index contributed by atoms with van der Waals surface area (Å²) in [7, 11) is 0. The fourth-order valence-electron chi connectivity index (χ4n) is 3.21. The van der Waals surface area contributed by atoms with Gasteiger partial charge in [0.25, 0.3) is 5.91 Å². The second-order valence-electron chi connectivity index (χ2n) is 7.25. The Hall–Kier alpha value is -2.32. The van der Waals surface area contributed by atoms with E-state index in [1.165, 1.54) is 0 Å². The van der Waals surface area contributed by atoms with Gasteiger partial charge in [0.2, 0.25) is 0 Å². The van der Waals surface area contributed by atoms with Crippen LogP contribution in [0.2, 0.25) is 10.0 Å². The zero-order valence-electron chi connectivity index (χ0n) is 17.5. The summed E-state index contributed by atoms with van der Waals surface area (Å²) in [6.45, 7) is 1.87. The molecule has 1 aromatic heterocycles. The van der Waals surface area contributed by atoms with Gasteiger partial charge in [-0.15, -0.1) is 10.2 Å². The van der Waals surface area contributed by atoms with Crippen molar-refractivity contribution in [1.82, 2.24) is 20.1 Å². The minimum absolute atomic E-state index is 0.203. The van der Waals surface area contributed by atoms with Crippen molar-refractivity contribution in [2.24, 2.45) is 0 Å². The zero-order chi connectivity index (χ0) is 23.4. The van der Waals surface area contributed by atoms with Crippen LogP contribution in [0, 0.1) is 0 Å². The summed E-state index contributed by atoms with van der Waals surface area (Å²) in [5.41, 5.74) is 2.41. The van der Waals surface area contributed by atoms with Crippen molar-refractivity contribution in [2.75, 3.05) is 0 Å². The summed E-state index contributed by atoms with van der Waals surface area (Å²) in [5.74, 6) is 1.08. The van der Waals surface area contributed by atoms with Crippen LogP contribution in [-0.4, -0.2) is 20.7 Å². The first-order chi connectivity index (χ1) is 15.9. The smallest absolute Gasteiger partial charge is 0.251 e. The van der Waals surface area contributed by atoms with Crippen molar-refractivity contribution in [3.05, 3.63) is 104 Å². The van der Waals surface area contributed by atoms with E-state index < -0.39 is 6.04 Å². The van der Waals surface area contributed by atoms with Crippen molar-refractivity contribution in [3.8, 4) is 5.69 Å². The first kappa shape index (κ1) is 23.8. The molecule has 1 N–H and O–H groups in total. The van der Waals surface area contributed by atoms with E-state index in [-0.39, 0.29) is 5.91 Å². The van der Waals surface area contributed by atoms with E-state index in [1.54, 1.807) is 36.0 Å². The van der Waals surface area contributed by atoms with E-state index in [0.29, 0.717) is 38.0 Å². The second-order valence-corrected chi connectivity index (χ2v) is 9.95. The fraction of sp³-hybridized carbons (Fsp3) is 0.125. The van der Waals surface area contributed by atoms with E-state index in [0.717, 1.165) is 10.0 Å². The highest BCUT2D eigenvalue weighted by Gasteiger charge is 2.23. The van der Waals surface area contributed by atoms with Crippen LogP contribution in [0.25, 0.3) is 5.69 Å². The Morgan fingerprint density at radius 1 is 1.06 bits per heavy atom. The Morgan fingerprint density at radius 3 is 2.48 bits per heavy atom. The van der Waals surface area contributed by atoms with Gasteiger partial charge in [0, 0.05) is 20.8 Å². The Bertz CT molecular complexity index is 1270. The molecule has 5 nitrogen and oxygen atoms in total. The number of carbonyl (C=O) groups is 1. The maximum absolute atomic E-state index is 12.8. The monoisotopic (exact) mass is 560 g/mol. The number of halogens is 3. The standard InChI is InChI=1S/C24H19BrCl2N4OS/c1-15(28-23(32)17-7-9-18(25)10-8-17)22-29-30-24(33-14-16-5-3-2-4-6-16)31(22)21-12-11-19(26)13-20(21)27/h2-13,15H,14H2,1H3,(H,28,32). The van der Waals surface area contributed by atoms with Crippen LogP contribution in [0.4, 0.5) is 0 Å². The van der Waals surface area contributed by atoms with Crippen LogP contribution in [0.3, 0.4) is 0 Å². The predicted molar refractivity (Wildman–Crippen MR) is 137 cm³/mol. The van der Waals surface area contributed by atoms with Gasteiger partial charge in [0.15, 0.2) is 11.0 Å². The molecule has 33 heavy (non-hydrogen) atoms. The minimum Gasteiger partial charge on any atom is -0.342 e. The number of aromatic nitrogens is 3. The van der Waals surface area contributed by atoms with Gasteiger partial charge in [0.05, 0.1) is 16.8 Å². The van der Waals surface area contributed by atoms with Gasteiger partial charge in [0.1, 0.15) is 0 Å². The first-order valence-corrected chi connectivity index (χ1v) is 12.6. The van der Waals surface area contributed by atoms with Crippen LogP contribution in [0.1, 0.15) is 34.7 Å². The topological polar surface area (TPSA) is 59.8 Å². The summed E-state index contributed by atoms with van der Waals surface area (Å²) in [6.07, 6.45) is 0. The molecule has 3 aromatic carbocycles. The third-order valence-electron chi connectivity index (χ3n) is 4.86. The van der Waals surface area contributed by atoms with Gasteiger partial charge >= 0.3 is 0 Å². The van der Waals surface area contributed by atoms with Gasteiger partial charge in [-0.2, -0.15) is 0 Å². The highest BCUT2D eigenvalue weighted by atomic mass is 79.9. The van der Waals surface area contributed by atoms with Crippen LogP contribution in [-0.2, 0) is 5.75 Å². The lowest BCUT2D eigenvalue weighted by molar-refractivity contribution is 0.0938. The first-order valence-electron chi connectivity index (χ1n) is 10.1.